The second-order valence-corrected chi connectivity index (χ2v) is 7.83. The van der Waals surface area contributed by atoms with Gasteiger partial charge in [-0.05, 0) is 41.5 Å². The van der Waals surface area contributed by atoms with E-state index in [1.54, 1.807) is 36.4 Å². The predicted molar refractivity (Wildman–Crippen MR) is 116 cm³/mol. The van der Waals surface area contributed by atoms with Crippen LogP contribution in [0.15, 0.2) is 76.4 Å². The number of hydrogen-bond acceptors (Lipinski definition) is 5. The van der Waals surface area contributed by atoms with Gasteiger partial charge in [0, 0.05) is 29.1 Å². The van der Waals surface area contributed by atoms with E-state index in [-0.39, 0.29) is 11.8 Å². The predicted octanol–water partition coefficient (Wildman–Crippen LogP) is 4.62. The lowest BCUT2D eigenvalue weighted by atomic mass is 10.0. The summed E-state index contributed by atoms with van der Waals surface area (Å²) in [7, 11) is 0. The summed E-state index contributed by atoms with van der Waals surface area (Å²) in [6, 6.07) is 20.7. The lowest BCUT2D eigenvalue weighted by molar-refractivity contribution is 0.0964. The Balaban J connectivity index is 1.33. The van der Waals surface area contributed by atoms with Gasteiger partial charge in [0.2, 0.25) is 0 Å². The maximum atomic E-state index is 12.8. The molecule has 2 heterocycles. The van der Waals surface area contributed by atoms with E-state index in [9.17, 15) is 9.59 Å². The molecule has 3 aromatic carbocycles. The van der Waals surface area contributed by atoms with Gasteiger partial charge in [-0.25, -0.2) is 4.98 Å². The van der Waals surface area contributed by atoms with Gasteiger partial charge < -0.3 is 15.1 Å². The van der Waals surface area contributed by atoms with Crippen molar-refractivity contribution in [2.24, 2.45) is 0 Å². The average molecular weight is 415 g/mol. The lowest BCUT2D eigenvalue weighted by Crippen LogP contribution is -2.14. The van der Waals surface area contributed by atoms with Crippen LogP contribution in [0.2, 0.25) is 0 Å². The normalized spacial score (nSPS) is 12.6. The summed E-state index contributed by atoms with van der Waals surface area (Å²) in [4.78, 5) is 29.1. The summed E-state index contributed by atoms with van der Waals surface area (Å²) < 4.78 is 5.80. The fourth-order valence-electron chi connectivity index (χ4n) is 3.43. The van der Waals surface area contributed by atoms with Crippen LogP contribution in [0.4, 0.5) is 5.69 Å². The number of carbonyl (C=O) groups excluding carboxylic acids is 2. The number of anilines is 1. The summed E-state index contributed by atoms with van der Waals surface area (Å²) in [6.45, 7) is 0.363. The van der Waals surface area contributed by atoms with Crippen LogP contribution in [0.3, 0.4) is 0 Å². The second-order valence-electron chi connectivity index (χ2n) is 6.91. The highest BCUT2D eigenvalue weighted by Crippen LogP contribution is 2.28. The molecule has 0 spiro atoms. The number of aromatic nitrogens is 1. The van der Waals surface area contributed by atoms with Gasteiger partial charge in [0.05, 0.1) is 0 Å². The fourth-order valence-corrected chi connectivity index (χ4v) is 4.22. The van der Waals surface area contributed by atoms with Crippen molar-refractivity contribution in [1.29, 1.82) is 0 Å². The quantitative estimate of drug-likeness (QED) is 0.465. The smallest absolute Gasteiger partial charge is 0.257 e. The number of hydrogen-bond donors (Lipinski definition) is 2. The second kappa shape index (κ2) is 7.68. The highest BCUT2D eigenvalue weighted by molar-refractivity contribution is 7.98. The van der Waals surface area contributed by atoms with Crippen LogP contribution in [-0.2, 0) is 12.3 Å². The number of nitrogens with one attached hydrogen (secondary N) is 2. The van der Waals surface area contributed by atoms with Gasteiger partial charge in [0.25, 0.3) is 17.0 Å². The Hall–Kier alpha value is -3.58. The third-order valence-corrected chi connectivity index (χ3v) is 5.82. The number of benzene rings is 3. The molecule has 2 N–H and O–H groups in total. The Bertz CT molecular complexity index is 1270. The molecular weight excluding hydrogens is 398 g/mol. The van der Waals surface area contributed by atoms with E-state index in [0.29, 0.717) is 39.7 Å². The van der Waals surface area contributed by atoms with Crippen molar-refractivity contribution in [1.82, 2.24) is 10.3 Å². The molecule has 0 aliphatic carbocycles. The maximum absolute atomic E-state index is 12.8. The Labute approximate surface area is 176 Å². The summed E-state index contributed by atoms with van der Waals surface area (Å²) >= 11 is 1.53. The molecule has 2 amide bonds. The zero-order valence-corrected chi connectivity index (χ0v) is 16.7. The molecule has 0 fully saturated rings. The fraction of sp³-hybridized carbons (Fsp3) is 0.0870. The number of amides is 2. The minimum absolute atomic E-state index is 0.149. The molecule has 1 aromatic heterocycles. The van der Waals surface area contributed by atoms with E-state index < -0.39 is 0 Å². The topological polar surface area (TPSA) is 84.2 Å². The van der Waals surface area contributed by atoms with Crippen molar-refractivity contribution in [3.05, 3.63) is 89.0 Å². The minimum Gasteiger partial charge on any atom is -0.431 e. The summed E-state index contributed by atoms with van der Waals surface area (Å²) in [6.07, 6.45) is 0. The molecule has 30 heavy (non-hydrogen) atoms. The molecule has 1 aliphatic rings. The SMILES string of the molecule is O=C1NCc2c1cccc2C(=O)Nc1ccc2oc(SCc3ccccc3)nc2c1. The molecule has 0 atom stereocenters. The third-order valence-electron chi connectivity index (χ3n) is 4.92. The first-order valence-electron chi connectivity index (χ1n) is 9.46. The van der Waals surface area contributed by atoms with Crippen molar-refractivity contribution in [2.45, 2.75) is 17.5 Å². The third kappa shape index (κ3) is 3.55. The van der Waals surface area contributed by atoms with Gasteiger partial charge in [-0.2, -0.15) is 0 Å². The monoisotopic (exact) mass is 415 g/mol. The first kappa shape index (κ1) is 18.4. The molecule has 7 heteroatoms. The van der Waals surface area contributed by atoms with Crippen LogP contribution in [0, 0.1) is 0 Å². The molecule has 0 saturated heterocycles. The number of carbonyl (C=O) groups is 2. The van der Waals surface area contributed by atoms with Crippen LogP contribution in [0.25, 0.3) is 11.1 Å². The van der Waals surface area contributed by atoms with E-state index in [2.05, 4.69) is 27.8 Å². The summed E-state index contributed by atoms with van der Waals surface area (Å²) in [5.41, 5.74) is 4.93. The number of nitrogens with zero attached hydrogens (tertiary/aromatic N) is 1. The standard InChI is InChI=1S/C23H17N3O3S/c27-21-16-7-4-8-17(18(16)12-24-21)22(28)25-15-9-10-20-19(11-15)26-23(29-20)30-13-14-5-2-1-3-6-14/h1-11H,12-13H2,(H,24,27)(H,25,28). The molecule has 1 aliphatic heterocycles. The molecule has 0 unspecified atom stereocenters. The van der Waals surface area contributed by atoms with Crippen LogP contribution >= 0.6 is 11.8 Å². The van der Waals surface area contributed by atoms with Gasteiger partial charge in [0.1, 0.15) is 5.52 Å². The van der Waals surface area contributed by atoms with Crippen molar-refractivity contribution >= 4 is 40.4 Å². The van der Waals surface area contributed by atoms with E-state index in [4.69, 9.17) is 4.42 Å². The Kier molecular flexibility index (Phi) is 4.72. The molecule has 0 radical (unpaired) electrons. The van der Waals surface area contributed by atoms with Crippen LogP contribution in [0.5, 0.6) is 0 Å². The van der Waals surface area contributed by atoms with E-state index in [1.807, 2.05) is 18.2 Å². The first-order valence-corrected chi connectivity index (χ1v) is 10.4. The largest absolute Gasteiger partial charge is 0.431 e. The molecule has 4 aromatic rings. The lowest BCUT2D eigenvalue weighted by Gasteiger charge is -2.08. The average Bonchev–Trinajstić information content (AvgIpc) is 3.36. The molecule has 0 bridgehead atoms. The van der Waals surface area contributed by atoms with Crippen LogP contribution in [0.1, 0.15) is 31.8 Å². The zero-order valence-electron chi connectivity index (χ0n) is 15.8. The highest BCUT2D eigenvalue weighted by Gasteiger charge is 2.24. The van der Waals surface area contributed by atoms with Crippen molar-refractivity contribution in [3.63, 3.8) is 0 Å². The number of thioether (sulfide) groups is 1. The maximum Gasteiger partial charge on any atom is 0.257 e. The van der Waals surface area contributed by atoms with E-state index in [0.717, 1.165) is 11.3 Å². The molecule has 0 saturated carbocycles. The van der Waals surface area contributed by atoms with E-state index >= 15 is 0 Å². The molecule has 5 rings (SSSR count). The molecular formula is C23H17N3O3S. The van der Waals surface area contributed by atoms with Gasteiger partial charge in [0.15, 0.2) is 5.58 Å². The van der Waals surface area contributed by atoms with Crippen LogP contribution in [-0.4, -0.2) is 16.8 Å². The van der Waals surface area contributed by atoms with Gasteiger partial charge >= 0.3 is 0 Å². The highest BCUT2D eigenvalue weighted by atomic mass is 32.2. The van der Waals surface area contributed by atoms with E-state index in [1.165, 1.54) is 17.3 Å². The van der Waals surface area contributed by atoms with Crippen molar-refractivity contribution in [2.75, 3.05) is 5.32 Å². The van der Waals surface area contributed by atoms with Crippen molar-refractivity contribution in [3.8, 4) is 0 Å². The Morgan fingerprint density at radius 2 is 1.97 bits per heavy atom. The summed E-state index contributed by atoms with van der Waals surface area (Å²) in [5.74, 6) is 0.359. The van der Waals surface area contributed by atoms with Crippen molar-refractivity contribution < 1.29 is 14.0 Å². The minimum atomic E-state index is -0.259. The van der Waals surface area contributed by atoms with Gasteiger partial charge in [-0.1, -0.05) is 48.2 Å². The van der Waals surface area contributed by atoms with Gasteiger partial charge in [-0.15, -0.1) is 0 Å². The number of rotatable bonds is 5. The first-order chi connectivity index (χ1) is 14.7. The Morgan fingerprint density at radius 3 is 2.83 bits per heavy atom. The van der Waals surface area contributed by atoms with Gasteiger partial charge in [-0.3, -0.25) is 9.59 Å². The zero-order chi connectivity index (χ0) is 20.5. The molecule has 148 valence electrons. The van der Waals surface area contributed by atoms with Crippen LogP contribution < -0.4 is 10.6 Å². The molecule has 6 nitrogen and oxygen atoms in total. The Morgan fingerprint density at radius 1 is 1.10 bits per heavy atom. The number of oxazole rings is 1. The number of fused-ring (bicyclic) bond motifs is 2. The summed E-state index contributed by atoms with van der Waals surface area (Å²) in [5, 5.41) is 6.23.